The highest BCUT2D eigenvalue weighted by Crippen LogP contribution is 2.26. The van der Waals surface area contributed by atoms with E-state index in [1.165, 1.54) is 0 Å². The van der Waals surface area contributed by atoms with E-state index in [4.69, 9.17) is 0 Å². The van der Waals surface area contributed by atoms with E-state index in [0.717, 1.165) is 24.3 Å². The van der Waals surface area contributed by atoms with Gasteiger partial charge in [0.05, 0.1) is 15.9 Å². The van der Waals surface area contributed by atoms with Gasteiger partial charge in [-0.2, -0.15) is 0 Å². The van der Waals surface area contributed by atoms with Crippen LogP contribution < -0.4 is 11.1 Å². The van der Waals surface area contributed by atoms with Crippen LogP contribution in [-0.4, -0.2) is 19.6 Å². The Hall–Kier alpha value is -3.30. The summed E-state index contributed by atoms with van der Waals surface area (Å²) >= 11 is 0. The van der Waals surface area contributed by atoms with Crippen LogP contribution in [0.5, 0.6) is 0 Å². The van der Waals surface area contributed by atoms with E-state index in [1.54, 1.807) is 0 Å². The second-order valence-corrected chi connectivity index (χ2v) is 3.67. The molecule has 0 saturated heterocycles. The van der Waals surface area contributed by atoms with Crippen molar-refractivity contribution in [1.29, 1.82) is 0 Å². The van der Waals surface area contributed by atoms with E-state index in [0.29, 0.717) is 10.7 Å². The summed E-state index contributed by atoms with van der Waals surface area (Å²) in [5.74, 6) is 0. The topological polar surface area (TPSA) is 141 Å². The third-order valence-corrected chi connectivity index (χ3v) is 2.43. The summed E-state index contributed by atoms with van der Waals surface area (Å²) < 4.78 is 0.657. The number of nitro groups is 2. The first kappa shape index (κ1) is 13.1. The molecule has 0 aliphatic heterocycles. The summed E-state index contributed by atoms with van der Waals surface area (Å²) in [6, 6.07) is 4.64. The largest absolute Gasteiger partial charge is 0.301 e. The molecule has 1 heterocycles. The fourth-order valence-electron chi connectivity index (χ4n) is 1.56. The van der Waals surface area contributed by atoms with Crippen LogP contribution in [0.1, 0.15) is 0 Å². The Morgan fingerprint density at radius 3 is 2.30 bits per heavy atom. The van der Waals surface area contributed by atoms with E-state index in [9.17, 15) is 29.8 Å². The third-order valence-electron chi connectivity index (χ3n) is 2.43. The van der Waals surface area contributed by atoms with E-state index in [1.807, 2.05) is 0 Å². The first-order chi connectivity index (χ1) is 9.40. The van der Waals surface area contributed by atoms with E-state index in [-0.39, 0.29) is 5.69 Å². The molecule has 0 amide bonds. The maximum atomic E-state index is 11.6. The molecule has 0 aliphatic carbocycles. The molecule has 10 heteroatoms. The highest BCUT2D eigenvalue weighted by atomic mass is 16.6. The van der Waals surface area contributed by atoms with Crippen molar-refractivity contribution in [3.63, 3.8) is 0 Å². The first-order valence-corrected chi connectivity index (χ1v) is 5.16. The van der Waals surface area contributed by atoms with Crippen molar-refractivity contribution >= 4 is 11.4 Å². The zero-order valence-electron chi connectivity index (χ0n) is 9.68. The van der Waals surface area contributed by atoms with Crippen LogP contribution in [0.2, 0.25) is 0 Å². The van der Waals surface area contributed by atoms with Crippen molar-refractivity contribution in [2.24, 2.45) is 0 Å². The van der Waals surface area contributed by atoms with Gasteiger partial charge in [0.2, 0.25) is 0 Å². The molecule has 1 N–H and O–H groups in total. The number of benzene rings is 1. The lowest BCUT2D eigenvalue weighted by Crippen LogP contribution is -2.27. The number of aromatic amines is 1. The van der Waals surface area contributed by atoms with Gasteiger partial charge in [-0.15, -0.1) is 0 Å². The smallest absolute Gasteiger partial charge is 0.268 e. The minimum atomic E-state index is -0.875. The molecule has 0 spiro atoms. The summed E-state index contributed by atoms with van der Waals surface area (Å²) in [6.07, 6.45) is 0. The van der Waals surface area contributed by atoms with Gasteiger partial charge >= 0.3 is 5.69 Å². The van der Waals surface area contributed by atoms with Gasteiger partial charge in [0.1, 0.15) is 5.69 Å². The lowest BCUT2D eigenvalue weighted by molar-refractivity contribution is -0.394. The maximum absolute atomic E-state index is 11.6. The number of nitrogens with zero attached hydrogens (tertiary/aromatic N) is 3. The zero-order valence-corrected chi connectivity index (χ0v) is 9.68. The van der Waals surface area contributed by atoms with Gasteiger partial charge in [-0.3, -0.25) is 34.9 Å². The molecule has 2 rings (SSSR count). The molecular formula is C10H6N4O6. The molecule has 2 aromatic rings. The molecule has 0 atom stereocenters. The SMILES string of the molecule is O=c1ccc(=O)n(-c2ccc([N+](=O)[O-])cc2[N+](=O)[O-])[nH]1. The van der Waals surface area contributed by atoms with Crippen LogP contribution >= 0.6 is 0 Å². The van der Waals surface area contributed by atoms with Crippen LogP contribution in [0, 0.1) is 20.2 Å². The Labute approximate surface area is 109 Å². The molecule has 20 heavy (non-hydrogen) atoms. The van der Waals surface area contributed by atoms with E-state index >= 15 is 0 Å². The second kappa shape index (κ2) is 4.76. The summed E-state index contributed by atoms with van der Waals surface area (Å²) in [7, 11) is 0. The average molecular weight is 278 g/mol. The average Bonchev–Trinajstić information content (AvgIpc) is 2.40. The monoisotopic (exact) mass is 278 g/mol. The predicted molar refractivity (Wildman–Crippen MR) is 66.0 cm³/mol. The van der Waals surface area contributed by atoms with Crippen LogP contribution in [-0.2, 0) is 0 Å². The predicted octanol–water partition coefficient (Wildman–Crippen LogP) is 0.342. The van der Waals surface area contributed by atoms with Crippen LogP contribution in [0.4, 0.5) is 11.4 Å². The lowest BCUT2D eigenvalue weighted by Gasteiger charge is -2.05. The van der Waals surface area contributed by atoms with Crippen LogP contribution in [0.15, 0.2) is 39.9 Å². The number of hydrogen-bond donors (Lipinski definition) is 1. The number of nitrogens with one attached hydrogen (secondary N) is 1. The van der Waals surface area contributed by atoms with Crippen molar-refractivity contribution in [2.75, 3.05) is 0 Å². The van der Waals surface area contributed by atoms with Crippen molar-refractivity contribution in [2.45, 2.75) is 0 Å². The van der Waals surface area contributed by atoms with Gasteiger partial charge in [0.25, 0.3) is 16.8 Å². The van der Waals surface area contributed by atoms with Gasteiger partial charge in [-0.25, -0.2) is 4.68 Å². The van der Waals surface area contributed by atoms with E-state index in [2.05, 4.69) is 5.10 Å². The quantitative estimate of drug-likeness (QED) is 0.633. The third kappa shape index (κ3) is 2.29. The lowest BCUT2D eigenvalue weighted by atomic mass is 10.2. The molecule has 10 nitrogen and oxygen atoms in total. The fraction of sp³-hybridized carbons (Fsp3) is 0. The van der Waals surface area contributed by atoms with Gasteiger partial charge in [-0.05, 0) is 6.07 Å². The Bertz CT molecular complexity index is 821. The number of H-pyrrole nitrogens is 1. The Kier molecular flexibility index (Phi) is 3.13. The fourth-order valence-corrected chi connectivity index (χ4v) is 1.56. The number of nitro benzene ring substituents is 2. The Morgan fingerprint density at radius 1 is 1.00 bits per heavy atom. The Morgan fingerprint density at radius 2 is 1.70 bits per heavy atom. The van der Waals surface area contributed by atoms with Crippen LogP contribution in [0.3, 0.4) is 0 Å². The molecular weight excluding hydrogens is 272 g/mol. The highest BCUT2D eigenvalue weighted by Gasteiger charge is 2.21. The van der Waals surface area contributed by atoms with Crippen LogP contribution in [0.25, 0.3) is 5.69 Å². The summed E-state index contributed by atoms with van der Waals surface area (Å²) in [5, 5.41) is 23.7. The van der Waals surface area contributed by atoms with Crippen molar-refractivity contribution in [3.8, 4) is 5.69 Å². The van der Waals surface area contributed by atoms with E-state index < -0.39 is 32.3 Å². The summed E-state index contributed by atoms with van der Waals surface area (Å²) in [4.78, 5) is 42.7. The highest BCUT2D eigenvalue weighted by molar-refractivity contribution is 5.57. The standard InChI is InChI=1S/C10H6N4O6/c15-9-3-4-10(16)12(11-9)7-2-1-6(13(17)18)5-8(7)14(19)20/h1-5H,(H,11,15). The first-order valence-electron chi connectivity index (χ1n) is 5.16. The molecule has 0 fully saturated rings. The normalized spacial score (nSPS) is 10.2. The minimum Gasteiger partial charge on any atom is -0.268 e. The van der Waals surface area contributed by atoms with Crippen molar-refractivity contribution < 1.29 is 9.85 Å². The zero-order chi connectivity index (χ0) is 14.9. The van der Waals surface area contributed by atoms with Gasteiger partial charge < -0.3 is 0 Å². The molecule has 0 unspecified atom stereocenters. The number of hydrogen-bond acceptors (Lipinski definition) is 6. The molecule has 0 aliphatic rings. The minimum absolute atomic E-state index is 0.261. The molecule has 0 saturated carbocycles. The molecule has 1 aromatic carbocycles. The molecule has 1 aromatic heterocycles. The summed E-state index contributed by atoms with van der Waals surface area (Å²) in [5.41, 5.74) is -2.77. The van der Waals surface area contributed by atoms with Gasteiger partial charge in [0.15, 0.2) is 0 Å². The van der Waals surface area contributed by atoms with Crippen molar-refractivity contribution in [1.82, 2.24) is 9.78 Å². The number of non-ortho nitro benzene ring substituents is 1. The van der Waals surface area contributed by atoms with Crippen molar-refractivity contribution in [3.05, 3.63) is 71.3 Å². The second-order valence-electron chi connectivity index (χ2n) is 3.67. The number of rotatable bonds is 3. The maximum Gasteiger partial charge on any atom is 0.301 e. The summed E-state index contributed by atoms with van der Waals surface area (Å²) in [6.45, 7) is 0. The molecule has 0 bridgehead atoms. The van der Waals surface area contributed by atoms with Gasteiger partial charge in [0, 0.05) is 18.2 Å². The molecule has 102 valence electrons. The Balaban J connectivity index is 2.77. The molecule has 0 radical (unpaired) electrons. The van der Waals surface area contributed by atoms with Gasteiger partial charge in [-0.1, -0.05) is 0 Å². The number of aromatic nitrogens is 2.